The SMILES string of the molecule is Oc1c(Br)c(Br)c(Br)c(Br)c1Oc1ccccc1. The number of halogens is 4. The predicted molar refractivity (Wildman–Crippen MR) is 85.4 cm³/mol. The fourth-order valence-corrected chi connectivity index (χ4v) is 3.44. The number of phenols is 1. The van der Waals surface area contributed by atoms with Crippen LogP contribution in [0.2, 0.25) is 0 Å². The molecule has 2 aromatic rings. The van der Waals surface area contributed by atoms with Crippen LogP contribution in [-0.2, 0) is 0 Å². The lowest BCUT2D eigenvalue weighted by Gasteiger charge is -2.14. The molecule has 2 rings (SSSR count). The number of phenolic OH excluding ortho intramolecular Hbond substituents is 1. The van der Waals surface area contributed by atoms with Crippen LogP contribution in [0.15, 0.2) is 48.2 Å². The zero-order valence-corrected chi connectivity index (χ0v) is 15.1. The average Bonchev–Trinajstić information content (AvgIpc) is 2.40. The molecule has 0 aromatic heterocycles. The van der Waals surface area contributed by atoms with Gasteiger partial charge in [-0.1, -0.05) is 18.2 Å². The van der Waals surface area contributed by atoms with E-state index < -0.39 is 0 Å². The summed E-state index contributed by atoms with van der Waals surface area (Å²) in [6.45, 7) is 0. The van der Waals surface area contributed by atoms with Crippen LogP contribution in [-0.4, -0.2) is 5.11 Å². The van der Waals surface area contributed by atoms with Gasteiger partial charge in [0.25, 0.3) is 0 Å². The van der Waals surface area contributed by atoms with Gasteiger partial charge in [0.05, 0.1) is 17.9 Å². The molecule has 0 amide bonds. The number of hydrogen-bond acceptors (Lipinski definition) is 2. The van der Waals surface area contributed by atoms with Crippen molar-refractivity contribution in [1.82, 2.24) is 0 Å². The van der Waals surface area contributed by atoms with E-state index in [1.807, 2.05) is 30.3 Å². The molecule has 1 N–H and O–H groups in total. The summed E-state index contributed by atoms with van der Waals surface area (Å²) < 4.78 is 8.33. The molecule has 0 aliphatic rings. The van der Waals surface area contributed by atoms with Crippen molar-refractivity contribution in [2.24, 2.45) is 0 Å². The monoisotopic (exact) mass is 498 g/mol. The number of hydrogen-bond donors (Lipinski definition) is 1. The first-order chi connectivity index (χ1) is 8.52. The van der Waals surface area contributed by atoms with E-state index in [0.717, 1.165) is 4.47 Å². The Bertz CT molecular complexity index is 555. The van der Waals surface area contributed by atoms with Crippen molar-refractivity contribution in [3.05, 3.63) is 48.2 Å². The molecule has 0 atom stereocenters. The van der Waals surface area contributed by atoms with Crippen molar-refractivity contribution in [2.75, 3.05) is 0 Å². The number of ether oxygens (including phenoxy) is 1. The summed E-state index contributed by atoms with van der Waals surface area (Å²) in [4.78, 5) is 0. The molecule has 2 nitrogen and oxygen atoms in total. The van der Waals surface area contributed by atoms with E-state index >= 15 is 0 Å². The Hall–Kier alpha value is -0.0400. The third-order valence-electron chi connectivity index (χ3n) is 2.16. The highest BCUT2D eigenvalue weighted by atomic mass is 79.9. The topological polar surface area (TPSA) is 29.5 Å². The quantitative estimate of drug-likeness (QED) is 0.390. The molecule has 0 unspecified atom stereocenters. The van der Waals surface area contributed by atoms with Gasteiger partial charge in [-0.15, -0.1) is 0 Å². The molecule has 0 spiro atoms. The summed E-state index contributed by atoms with van der Waals surface area (Å²) >= 11 is 13.5. The highest BCUT2D eigenvalue weighted by Gasteiger charge is 2.20. The van der Waals surface area contributed by atoms with E-state index in [4.69, 9.17) is 4.74 Å². The van der Waals surface area contributed by atoms with Crippen molar-refractivity contribution in [2.45, 2.75) is 0 Å². The summed E-state index contributed by atoms with van der Waals surface area (Å²) in [6, 6.07) is 9.26. The molecule has 0 saturated heterocycles. The number of para-hydroxylation sites is 1. The molecular formula is C12H6Br4O2. The second-order valence-electron chi connectivity index (χ2n) is 3.35. The fraction of sp³-hybridized carbons (Fsp3) is 0. The smallest absolute Gasteiger partial charge is 0.185 e. The van der Waals surface area contributed by atoms with Gasteiger partial charge >= 0.3 is 0 Å². The van der Waals surface area contributed by atoms with Crippen LogP contribution in [0.25, 0.3) is 0 Å². The van der Waals surface area contributed by atoms with Crippen LogP contribution in [0.5, 0.6) is 17.2 Å². The molecule has 18 heavy (non-hydrogen) atoms. The van der Waals surface area contributed by atoms with Crippen molar-refractivity contribution >= 4 is 63.7 Å². The standard InChI is InChI=1S/C12H6Br4O2/c13-7-8(14)10(16)12(11(17)9(7)15)18-6-4-2-1-3-5-6/h1-5,17H. The Kier molecular flexibility index (Phi) is 4.75. The van der Waals surface area contributed by atoms with Crippen molar-refractivity contribution < 1.29 is 9.84 Å². The lowest BCUT2D eigenvalue weighted by atomic mass is 10.3. The molecule has 0 heterocycles. The van der Waals surface area contributed by atoms with Gasteiger partial charge in [-0.05, 0) is 75.9 Å². The van der Waals surface area contributed by atoms with Crippen LogP contribution in [0, 0.1) is 0 Å². The molecule has 0 fully saturated rings. The molecule has 94 valence electrons. The Morgan fingerprint density at radius 2 is 1.33 bits per heavy atom. The van der Waals surface area contributed by atoms with Gasteiger partial charge in [-0.25, -0.2) is 0 Å². The molecule has 0 saturated carbocycles. The zero-order chi connectivity index (χ0) is 13.3. The number of benzene rings is 2. The van der Waals surface area contributed by atoms with Gasteiger partial charge in [0, 0.05) is 0 Å². The van der Waals surface area contributed by atoms with Crippen molar-refractivity contribution in [1.29, 1.82) is 0 Å². The molecule has 0 aliphatic carbocycles. The summed E-state index contributed by atoms with van der Waals surface area (Å²) in [6.07, 6.45) is 0. The largest absolute Gasteiger partial charge is 0.503 e. The van der Waals surface area contributed by atoms with Gasteiger partial charge in [0.1, 0.15) is 5.75 Å². The highest BCUT2D eigenvalue weighted by molar-refractivity contribution is 9.15. The Morgan fingerprint density at radius 3 is 1.94 bits per heavy atom. The maximum absolute atomic E-state index is 10.1. The Morgan fingerprint density at radius 1 is 0.778 bits per heavy atom. The Balaban J connectivity index is 2.52. The van der Waals surface area contributed by atoms with Gasteiger partial charge < -0.3 is 9.84 Å². The Labute approximate surface area is 138 Å². The van der Waals surface area contributed by atoms with Gasteiger partial charge in [-0.3, -0.25) is 0 Å². The highest BCUT2D eigenvalue weighted by Crippen LogP contribution is 2.50. The van der Waals surface area contributed by atoms with Crippen LogP contribution in [0.3, 0.4) is 0 Å². The summed E-state index contributed by atoms with van der Waals surface area (Å²) in [5.41, 5.74) is 0. The molecule has 0 bridgehead atoms. The molecule has 0 aliphatic heterocycles. The van der Waals surface area contributed by atoms with Crippen LogP contribution in [0.1, 0.15) is 0 Å². The van der Waals surface area contributed by atoms with E-state index in [2.05, 4.69) is 63.7 Å². The van der Waals surface area contributed by atoms with E-state index in [1.54, 1.807) is 0 Å². The third kappa shape index (κ3) is 2.76. The lowest BCUT2D eigenvalue weighted by molar-refractivity contribution is 0.406. The second kappa shape index (κ2) is 5.94. The summed E-state index contributed by atoms with van der Waals surface area (Å²) in [5, 5.41) is 10.1. The van der Waals surface area contributed by atoms with E-state index in [1.165, 1.54) is 0 Å². The van der Waals surface area contributed by atoms with Crippen LogP contribution >= 0.6 is 63.7 Å². The first kappa shape index (κ1) is 14.4. The minimum absolute atomic E-state index is 0.0285. The maximum atomic E-state index is 10.1. The fourth-order valence-electron chi connectivity index (χ4n) is 1.30. The normalized spacial score (nSPS) is 10.4. The predicted octanol–water partition coefficient (Wildman–Crippen LogP) is 6.23. The lowest BCUT2D eigenvalue weighted by Crippen LogP contribution is -1.89. The average molecular weight is 502 g/mol. The molecule has 2 aromatic carbocycles. The maximum Gasteiger partial charge on any atom is 0.185 e. The van der Waals surface area contributed by atoms with E-state index in [-0.39, 0.29) is 5.75 Å². The van der Waals surface area contributed by atoms with Gasteiger partial charge in [0.15, 0.2) is 11.5 Å². The number of aromatic hydroxyl groups is 1. The van der Waals surface area contributed by atoms with E-state index in [9.17, 15) is 5.11 Å². The van der Waals surface area contributed by atoms with Crippen LogP contribution < -0.4 is 4.74 Å². The van der Waals surface area contributed by atoms with Crippen LogP contribution in [0.4, 0.5) is 0 Å². The van der Waals surface area contributed by atoms with Crippen molar-refractivity contribution in [3.8, 4) is 17.2 Å². The zero-order valence-electron chi connectivity index (χ0n) is 8.75. The first-order valence-corrected chi connectivity index (χ1v) is 7.97. The third-order valence-corrected chi connectivity index (χ3v) is 6.87. The van der Waals surface area contributed by atoms with Crippen molar-refractivity contribution in [3.63, 3.8) is 0 Å². The molecule has 6 heteroatoms. The minimum Gasteiger partial charge on any atom is -0.503 e. The minimum atomic E-state index is 0.0285. The second-order valence-corrected chi connectivity index (χ2v) is 6.52. The molecule has 0 radical (unpaired) electrons. The van der Waals surface area contributed by atoms with Gasteiger partial charge in [0.2, 0.25) is 0 Å². The van der Waals surface area contributed by atoms with Gasteiger partial charge in [-0.2, -0.15) is 0 Å². The summed E-state index contributed by atoms with van der Waals surface area (Å²) in [7, 11) is 0. The van der Waals surface area contributed by atoms with E-state index in [0.29, 0.717) is 24.9 Å². The molecular weight excluding hydrogens is 496 g/mol. The first-order valence-electron chi connectivity index (χ1n) is 4.80. The number of rotatable bonds is 2. The summed E-state index contributed by atoms with van der Waals surface area (Å²) in [5.74, 6) is 1.03.